The molecule has 1 fully saturated rings. The summed E-state index contributed by atoms with van der Waals surface area (Å²) in [4.78, 5) is 6.37. The monoisotopic (exact) mass is 375 g/mol. The maximum Gasteiger partial charge on any atom is 0.0991 e. The van der Waals surface area contributed by atoms with Crippen LogP contribution in [-0.4, -0.2) is 31.1 Å². The maximum absolute atomic E-state index is 8.89. The fourth-order valence-corrected chi connectivity index (χ4v) is 4.32. The lowest BCUT2D eigenvalue weighted by molar-refractivity contribution is 0.288. The minimum atomic E-state index is 0.725. The zero-order valence-corrected chi connectivity index (χ0v) is 14.7. The number of hydrogen-bond acceptors (Lipinski definition) is 4. The minimum Gasteiger partial charge on any atom is -0.370 e. The van der Waals surface area contributed by atoms with Gasteiger partial charge in [-0.15, -0.1) is 11.3 Å². The number of rotatable bonds is 3. The topological polar surface area (TPSA) is 30.3 Å². The molecule has 0 atom stereocenters. The third kappa shape index (κ3) is 3.89. The van der Waals surface area contributed by atoms with Crippen LogP contribution in [0.3, 0.4) is 0 Å². The summed E-state index contributed by atoms with van der Waals surface area (Å²) >= 11 is 5.35. The molecule has 1 aromatic heterocycles. The van der Waals surface area contributed by atoms with Crippen LogP contribution in [0.15, 0.2) is 40.2 Å². The quantitative estimate of drug-likeness (QED) is 0.808. The molecule has 5 heteroatoms. The molecule has 1 aliphatic heterocycles. The number of thiophene rings is 1. The highest BCUT2D eigenvalue weighted by molar-refractivity contribution is 9.11. The van der Waals surface area contributed by atoms with Crippen LogP contribution in [0.5, 0.6) is 0 Å². The minimum absolute atomic E-state index is 0.725. The number of nitriles is 1. The molecule has 0 amide bonds. The molecule has 2 aromatic rings. The van der Waals surface area contributed by atoms with E-state index < -0.39 is 0 Å². The summed E-state index contributed by atoms with van der Waals surface area (Å²) in [5.74, 6) is 0. The largest absolute Gasteiger partial charge is 0.370 e. The van der Waals surface area contributed by atoms with Gasteiger partial charge in [0, 0.05) is 43.3 Å². The first-order chi connectivity index (χ1) is 10.7. The Balaban J connectivity index is 1.60. The second kappa shape index (κ2) is 7.28. The predicted molar refractivity (Wildman–Crippen MR) is 95.3 cm³/mol. The van der Waals surface area contributed by atoms with Gasteiger partial charge in [0.1, 0.15) is 0 Å². The Morgan fingerprint density at radius 1 is 1.05 bits per heavy atom. The molecule has 2 heterocycles. The molecule has 114 valence electrons. The summed E-state index contributed by atoms with van der Waals surface area (Å²) < 4.78 is 1.21. The highest BCUT2D eigenvalue weighted by Crippen LogP contribution is 2.24. The van der Waals surface area contributed by atoms with Crippen LogP contribution < -0.4 is 4.90 Å². The van der Waals surface area contributed by atoms with E-state index in [-0.39, 0.29) is 0 Å². The van der Waals surface area contributed by atoms with E-state index >= 15 is 0 Å². The Morgan fingerprint density at radius 2 is 1.86 bits per heavy atom. The second-order valence-electron chi connectivity index (χ2n) is 5.48. The Morgan fingerprint density at radius 3 is 2.55 bits per heavy atom. The van der Waals surface area contributed by atoms with Crippen LogP contribution in [0, 0.1) is 11.3 Å². The van der Waals surface area contributed by atoms with Crippen molar-refractivity contribution in [2.75, 3.05) is 31.1 Å². The molecule has 1 aliphatic rings. The summed E-state index contributed by atoms with van der Waals surface area (Å²) in [6.45, 7) is 5.38. The van der Waals surface area contributed by atoms with Gasteiger partial charge < -0.3 is 4.90 Å². The van der Waals surface area contributed by atoms with E-state index in [0.717, 1.165) is 38.3 Å². The lowest BCUT2D eigenvalue weighted by atomic mass is 10.2. The van der Waals surface area contributed by atoms with E-state index in [0.29, 0.717) is 0 Å². The first-order valence-electron chi connectivity index (χ1n) is 7.46. The third-order valence-electron chi connectivity index (χ3n) is 3.96. The lowest BCUT2D eigenvalue weighted by Gasteiger charge is -2.23. The molecule has 1 aromatic carbocycles. The van der Waals surface area contributed by atoms with Gasteiger partial charge in [0.2, 0.25) is 0 Å². The maximum atomic E-state index is 8.89. The third-order valence-corrected chi connectivity index (χ3v) is 5.57. The number of halogens is 1. The first kappa shape index (κ1) is 15.5. The normalized spacial score (nSPS) is 16.3. The van der Waals surface area contributed by atoms with Gasteiger partial charge in [-0.1, -0.05) is 0 Å². The Labute approximate surface area is 143 Å². The van der Waals surface area contributed by atoms with Crippen molar-refractivity contribution in [3.63, 3.8) is 0 Å². The highest BCUT2D eigenvalue weighted by atomic mass is 79.9. The first-order valence-corrected chi connectivity index (χ1v) is 9.07. The zero-order chi connectivity index (χ0) is 15.4. The lowest BCUT2D eigenvalue weighted by Crippen LogP contribution is -2.30. The zero-order valence-electron chi connectivity index (χ0n) is 12.3. The molecule has 0 saturated carbocycles. The van der Waals surface area contributed by atoms with Gasteiger partial charge in [-0.25, -0.2) is 0 Å². The number of anilines is 1. The van der Waals surface area contributed by atoms with Gasteiger partial charge in [-0.05, 0) is 58.7 Å². The van der Waals surface area contributed by atoms with Crippen molar-refractivity contribution in [3.05, 3.63) is 50.6 Å². The van der Waals surface area contributed by atoms with E-state index in [1.807, 2.05) is 23.5 Å². The van der Waals surface area contributed by atoms with Gasteiger partial charge in [0.25, 0.3) is 0 Å². The summed E-state index contributed by atoms with van der Waals surface area (Å²) in [7, 11) is 0. The van der Waals surface area contributed by atoms with Gasteiger partial charge in [-0.3, -0.25) is 4.90 Å². The van der Waals surface area contributed by atoms with E-state index in [4.69, 9.17) is 5.26 Å². The van der Waals surface area contributed by atoms with Crippen molar-refractivity contribution in [1.29, 1.82) is 5.26 Å². The van der Waals surface area contributed by atoms with Crippen LogP contribution in [0.4, 0.5) is 5.69 Å². The standard InChI is InChI=1S/C17H18BrN3S/c18-17-7-6-16(22-17)13-20-8-1-9-21(11-10-20)15-4-2-14(12-19)3-5-15/h2-7H,1,8-11,13H2. The molecule has 0 unspecified atom stereocenters. The van der Waals surface area contributed by atoms with Gasteiger partial charge in [0.05, 0.1) is 15.4 Å². The van der Waals surface area contributed by atoms with Crippen LogP contribution in [0.25, 0.3) is 0 Å². The number of benzene rings is 1. The summed E-state index contributed by atoms with van der Waals surface area (Å²) in [5, 5.41) is 8.89. The summed E-state index contributed by atoms with van der Waals surface area (Å²) in [5.41, 5.74) is 1.95. The van der Waals surface area contributed by atoms with Gasteiger partial charge in [-0.2, -0.15) is 5.26 Å². The van der Waals surface area contributed by atoms with Crippen LogP contribution >= 0.6 is 27.3 Å². The van der Waals surface area contributed by atoms with Crippen molar-refractivity contribution in [3.8, 4) is 6.07 Å². The van der Waals surface area contributed by atoms with E-state index in [2.05, 4.69) is 56.1 Å². The van der Waals surface area contributed by atoms with Crippen LogP contribution in [0.2, 0.25) is 0 Å². The van der Waals surface area contributed by atoms with Crippen molar-refractivity contribution < 1.29 is 0 Å². The smallest absolute Gasteiger partial charge is 0.0991 e. The fourth-order valence-electron chi connectivity index (χ4n) is 2.79. The molecule has 0 bridgehead atoms. The summed E-state index contributed by atoms with van der Waals surface area (Å²) in [6, 6.07) is 14.4. The molecule has 22 heavy (non-hydrogen) atoms. The van der Waals surface area contributed by atoms with Gasteiger partial charge in [0.15, 0.2) is 0 Å². The molecule has 0 aliphatic carbocycles. The van der Waals surface area contributed by atoms with Crippen LogP contribution in [0.1, 0.15) is 16.9 Å². The fraction of sp³-hybridized carbons (Fsp3) is 0.353. The van der Waals surface area contributed by atoms with Gasteiger partial charge >= 0.3 is 0 Å². The Hall–Kier alpha value is -1.35. The average Bonchev–Trinajstić information content (AvgIpc) is 2.81. The average molecular weight is 376 g/mol. The molecular formula is C17H18BrN3S. The van der Waals surface area contributed by atoms with E-state index in [9.17, 15) is 0 Å². The summed E-state index contributed by atoms with van der Waals surface area (Å²) in [6.07, 6.45) is 1.17. The Bertz CT molecular complexity index is 659. The molecule has 0 N–H and O–H groups in total. The van der Waals surface area contributed by atoms with Crippen molar-refractivity contribution in [2.24, 2.45) is 0 Å². The predicted octanol–water partition coefficient (Wildman–Crippen LogP) is 4.09. The molecule has 1 saturated heterocycles. The van der Waals surface area contributed by atoms with E-state index in [1.165, 1.54) is 20.8 Å². The highest BCUT2D eigenvalue weighted by Gasteiger charge is 2.16. The molecule has 3 nitrogen and oxygen atoms in total. The Kier molecular flexibility index (Phi) is 5.14. The van der Waals surface area contributed by atoms with Crippen molar-refractivity contribution >= 4 is 33.0 Å². The molecule has 0 spiro atoms. The van der Waals surface area contributed by atoms with Crippen molar-refractivity contribution in [1.82, 2.24) is 4.90 Å². The molecule has 3 rings (SSSR count). The van der Waals surface area contributed by atoms with Crippen LogP contribution in [-0.2, 0) is 6.54 Å². The van der Waals surface area contributed by atoms with E-state index in [1.54, 1.807) is 0 Å². The van der Waals surface area contributed by atoms with Crippen molar-refractivity contribution in [2.45, 2.75) is 13.0 Å². The molecular weight excluding hydrogens is 358 g/mol. The molecule has 0 radical (unpaired) electrons. The second-order valence-corrected chi connectivity index (χ2v) is 8.03. The SMILES string of the molecule is N#Cc1ccc(N2CCCN(Cc3ccc(Br)s3)CC2)cc1. The number of hydrogen-bond donors (Lipinski definition) is 0. The number of nitrogens with zero attached hydrogens (tertiary/aromatic N) is 3.